The number of piperazine rings is 1. The van der Waals surface area contributed by atoms with Crippen LogP contribution in [0.2, 0.25) is 0 Å². The van der Waals surface area contributed by atoms with E-state index in [0.717, 1.165) is 32.2 Å². The van der Waals surface area contributed by atoms with Crippen LogP contribution in [0.3, 0.4) is 0 Å². The lowest BCUT2D eigenvalue weighted by Crippen LogP contribution is -2.51. The Kier molecular flexibility index (Phi) is 7.89. The third kappa shape index (κ3) is 5.44. The molecule has 0 radical (unpaired) electrons. The smallest absolute Gasteiger partial charge is 0.319 e. The number of pyridine rings is 1. The molecule has 4 aromatic rings. The Hall–Kier alpha value is -4.78. The summed E-state index contributed by atoms with van der Waals surface area (Å²) >= 11 is 0. The van der Waals surface area contributed by atoms with Gasteiger partial charge in [-0.15, -0.1) is 18.8 Å². The average molecular weight is 669 g/mol. The van der Waals surface area contributed by atoms with E-state index in [4.69, 9.17) is 27.3 Å². The molecule has 0 aliphatic carbocycles. The first kappa shape index (κ1) is 31.5. The Bertz CT molecular complexity index is 2050. The van der Waals surface area contributed by atoms with Crippen molar-refractivity contribution in [3.63, 3.8) is 0 Å². The molecular formula is C37H35F3N6O3. The molecule has 2 N–H and O–H groups in total. The van der Waals surface area contributed by atoms with E-state index in [1.807, 2.05) is 0 Å². The molecule has 0 amide bonds. The number of anilines is 1. The van der Waals surface area contributed by atoms with Crippen molar-refractivity contribution in [1.82, 2.24) is 25.2 Å². The van der Waals surface area contributed by atoms with Gasteiger partial charge in [0.2, 0.25) is 5.88 Å². The van der Waals surface area contributed by atoms with Crippen molar-refractivity contribution in [3.05, 3.63) is 41.5 Å². The minimum absolute atomic E-state index is 0.0286. The van der Waals surface area contributed by atoms with Crippen LogP contribution in [0.15, 0.2) is 24.3 Å². The van der Waals surface area contributed by atoms with E-state index in [1.54, 1.807) is 0 Å². The first-order valence-electron chi connectivity index (χ1n) is 16.7. The first-order chi connectivity index (χ1) is 23.8. The molecule has 4 aliphatic heterocycles. The largest absolute Gasteiger partial charge is 0.508 e. The van der Waals surface area contributed by atoms with E-state index in [-0.39, 0.29) is 82.5 Å². The summed E-state index contributed by atoms with van der Waals surface area (Å²) in [5, 5.41) is 15.1. The molecule has 0 saturated carbocycles. The van der Waals surface area contributed by atoms with Crippen LogP contribution < -0.4 is 19.7 Å². The number of halogens is 3. The first-order valence-corrected chi connectivity index (χ1v) is 16.7. The Morgan fingerprint density at radius 1 is 1.04 bits per heavy atom. The van der Waals surface area contributed by atoms with E-state index in [1.165, 1.54) is 24.3 Å². The van der Waals surface area contributed by atoms with E-state index < -0.39 is 23.3 Å². The van der Waals surface area contributed by atoms with Gasteiger partial charge in [-0.2, -0.15) is 9.97 Å². The van der Waals surface area contributed by atoms with Gasteiger partial charge < -0.3 is 24.8 Å². The number of terminal acetylenes is 2. The van der Waals surface area contributed by atoms with Gasteiger partial charge in [0, 0.05) is 55.5 Å². The highest BCUT2D eigenvalue weighted by Crippen LogP contribution is 2.44. The Labute approximate surface area is 281 Å². The number of phenolic OH excluding ortho intramolecular Hbond substituents is 1. The molecule has 12 heteroatoms. The third-order valence-corrected chi connectivity index (χ3v) is 10.4. The maximum absolute atomic E-state index is 17.2. The van der Waals surface area contributed by atoms with Gasteiger partial charge in [0.25, 0.3) is 0 Å². The number of aromatic nitrogens is 3. The molecule has 9 nitrogen and oxygen atoms in total. The van der Waals surface area contributed by atoms with Crippen molar-refractivity contribution >= 4 is 27.5 Å². The number of phenols is 1. The molecule has 2 bridgehead atoms. The third-order valence-electron chi connectivity index (χ3n) is 10.4. The van der Waals surface area contributed by atoms with Crippen LogP contribution in [0.4, 0.5) is 19.0 Å². The van der Waals surface area contributed by atoms with E-state index in [9.17, 15) is 9.50 Å². The predicted molar refractivity (Wildman–Crippen MR) is 179 cm³/mol. The molecule has 4 aliphatic rings. The number of aromatic hydroxyl groups is 1. The minimum atomic E-state index is -0.947. The van der Waals surface area contributed by atoms with Gasteiger partial charge in [-0.25, -0.2) is 18.2 Å². The van der Waals surface area contributed by atoms with E-state index in [2.05, 4.69) is 36.9 Å². The minimum Gasteiger partial charge on any atom is -0.508 e. The summed E-state index contributed by atoms with van der Waals surface area (Å²) in [5.41, 5.74) is -0.897. The van der Waals surface area contributed by atoms with Crippen LogP contribution in [-0.2, 0) is 0 Å². The Morgan fingerprint density at radius 2 is 1.86 bits per heavy atom. The van der Waals surface area contributed by atoms with E-state index in [0.29, 0.717) is 37.3 Å². The zero-order valence-electron chi connectivity index (χ0n) is 26.8. The number of benzene rings is 2. The highest BCUT2D eigenvalue weighted by atomic mass is 19.1. The lowest BCUT2D eigenvalue weighted by atomic mass is 9.95. The molecule has 252 valence electrons. The van der Waals surface area contributed by atoms with Crippen LogP contribution in [0.5, 0.6) is 17.6 Å². The number of nitrogens with zero attached hydrogens (tertiary/aromatic N) is 5. The van der Waals surface area contributed by atoms with Crippen LogP contribution in [0, 0.1) is 36.3 Å². The lowest BCUT2D eigenvalue weighted by Gasteiger charge is -2.35. The normalized spacial score (nSPS) is 24.7. The quantitative estimate of drug-likeness (QED) is 0.196. The fraction of sp³-hybridized carbons (Fsp3) is 0.432. The summed E-state index contributed by atoms with van der Waals surface area (Å²) in [7, 11) is 0. The van der Waals surface area contributed by atoms with E-state index >= 15 is 8.78 Å². The van der Waals surface area contributed by atoms with Gasteiger partial charge in [0.15, 0.2) is 5.82 Å². The Morgan fingerprint density at radius 3 is 2.63 bits per heavy atom. The predicted octanol–water partition coefficient (Wildman–Crippen LogP) is 5.11. The van der Waals surface area contributed by atoms with Crippen molar-refractivity contribution in [2.45, 2.75) is 62.3 Å². The second-order valence-corrected chi connectivity index (χ2v) is 13.5. The molecule has 49 heavy (non-hydrogen) atoms. The second-order valence-electron chi connectivity index (χ2n) is 13.5. The molecule has 8 rings (SSSR count). The maximum atomic E-state index is 17.2. The summed E-state index contributed by atoms with van der Waals surface area (Å²) < 4.78 is 59.2. The van der Waals surface area contributed by atoms with Crippen molar-refractivity contribution in [2.24, 2.45) is 0 Å². The van der Waals surface area contributed by atoms with Crippen molar-refractivity contribution in [3.8, 4) is 53.6 Å². The van der Waals surface area contributed by atoms with Gasteiger partial charge in [-0.3, -0.25) is 4.90 Å². The number of fused-ring (bicyclic) bond motifs is 5. The highest BCUT2D eigenvalue weighted by molar-refractivity contribution is 6.04. The van der Waals surface area contributed by atoms with Crippen LogP contribution in [0.1, 0.15) is 44.1 Å². The summed E-state index contributed by atoms with van der Waals surface area (Å²) in [6, 6.07) is 5.75. The number of hydrogen-bond donors (Lipinski definition) is 2. The van der Waals surface area contributed by atoms with Crippen LogP contribution >= 0.6 is 0 Å². The van der Waals surface area contributed by atoms with Crippen LogP contribution in [-0.4, -0.2) is 88.1 Å². The summed E-state index contributed by atoms with van der Waals surface area (Å²) in [6.07, 6.45) is 14.6. The number of ether oxygens (including phenoxy) is 2. The Balaban J connectivity index is 1.34. The molecule has 6 heterocycles. The fourth-order valence-corrected chi connectivity index (χ4v) is 8.26. The van der Waals surface area contributed by atoms with Crippen molar-refractivity contribution < 1.29 is 27.8 Å². The zero-order chi connectivity index (χ0) is 33.9. The molecule has 4 saturated heterocycles. The molecule has 0 spiro atoms. The molecule has 4 atom stereocenters. The van der Waals surface area contributed by atoms with Gasteiger partial charge in [0.1, 0.15) is 53.4 Å². The van der Waals surface area contributed by atoms with Crippen molar-refractivity contribution in [2.75, 3.05) is 44.3 Å². The number of rotatable bonds is 8. The van der Waals surface area contributed by atoms with Crippen molar-refractivity contribution in [1.29, 1.82) is 0 Å². The second kappa shape index (κ2) is 12.3. The monoisotopic (exact) mass is 668 g/mol. The molecule has 4 fully saturated rings. The fourth-order valence-electron chi connectivity index (χ4n) is 8.26. The lowest BCUT2D eigenvalue weighted by molar-refractivity contribution is 0.107. The highest BCUT2D eigenvalue weighted by Gasteiger charge is 2.49. The van der Waals surface area contributed by atoms with Gasteiger partial charge in [-0.1, -0.05) is 12.0 Å². The molecule has 2 unspecified atom stereocenters. The summed E-state index contributed by atoms with van der Waals surface area (Å²) in [5.74, 6) is 3.62. The topological polar surface area (TPSA) is 95.9 Å². The number of hydrogen-bond acceptors (Lipinski definition) is 9. The maximum Gasteiger partial charge on any atom is 0.319 e. The van der Waals surface area contributed by atoms with Gasteiger partial charge in [0.05, 0.1) is 11.1 Å². The SMILES string of the molecule is C#CCCOc1nc(-c2cc(O)cc3ccc(F)c(C#C)c23)c(F)c2nc(OC[C@@]34CCCN3C[C@H](F)C4)nc(N3CC4CCC(C3)N4)c12. The molecule has 2 aromatic heterocycles. The molecular weight excluding hydrogens is 633 g/mol. The standard InChI is InChI=1S/C37H35F3N6O3/c1-3-5-13-48-35-30-33(31(40)32(42-35)27-15-25(47)14-21-7-10-28(39)26(4-2)29(21)27)43-36(44-34(30)45-18-23-8-9-24(19-45)41-23)49-20-37-11-6-12-46(37)17-22(38)16-37/h1-2,7,10,14-15,22-24,41,47H,5-6,8-9,11-13,16-20H2/t22-,23?,24?,37+/m1/s1. The summed E-state index contributed by atoms with van der Waals surface area (Å²) in [6.45, 7) is 2.59. The zero-order valence-corrected chi connectivity index (χ0v) is 26.8. The number of nitrogens with one attached hydrogen (secondary N) is 1. The summed E-state index contributed by atoms with van der Waals surface area (Å²) in [4.78, 5) is 18.3. The number of alkyl halides is 1. The van der Waals surface area contributed by atoms with Crippen LogP contribution in [0.25, 0.3) is 32.9 Å². The van der Waals surface area contributed by atoms with Gasteiger partial charge >= 0.3 is 6.01 Å². The average Bonchev–Trinajstić information content (AvgIpc) is 3.74. The van der Waals surface area contributed by atoms with Gasteiger partial charge in [-0.05, 0) is 55.8 Å². The molecule has 2 aromatic carbocycles.